The van der Waals surface area contributed by atoms with Gasteiger partial charge < -0.3 is 4.74 Å². The third kappa shape index (κ3) is 4.16. The Balaban J connectivity index is 1.79. The number of carbonyl (C=O) groups is 1. The number of likely N-dealkylation sites (N-methyl/N-ethyl adjacent to an activating group) is 1. The van der Waals surface area contributed by atoms with Crippen LogP contribution in [0.3, 0.4) is 0 Å². The fourth-order valence-corrected chi connectivity index (χ4v) is 3.47. The zero-order chi connectivity index (χ0) is 13.0. The van der Waals surface area contributed by atoms with Crippen molar-refractivity contribution in [2.75, 3.05) is 26.7 Å². The fraction of sp³-hybridized carbons (Fsp3) is 0.615. The summed E-state index contributed by atoms with van der Waals surface area (Å²) in [5.41, 5.74) is 0. The number of ether oxygens (including phenoxy) is 1. The van der Waals surface area contributed by atoms with E-state index in [0.717, 1.165) is 28.2 Å². The van der Waals surface area contributed by atoms with Crippen molar-refractivity contribution >= 4 is 33.0 Å². The molecular formula is C13H18BrNO2S. The Kier molecular flexibility index (Phi) is 5.36. The van der Waals surface area contributed by atoms with Gasteiger partial charge in [-0.15, -0.1) is 11.3 Å². The van der Waals surface area contributed by atoms with E-state index in [1.165, 1.54) is 24.2 Å². The lowest BCUT2D eigenvalue weighted by Crippen LogP contribution is -2.36. The highest BCUT2D eigenvalue weighted by atomic mass is 79.9. The van der Waals surface area contributed by atoms with Crippen LogP contribution >= 0.6 is 27.3 Å². The van der Waals surface area contributed by atoms with E-state index in [1.54, 1.807) is 0 Å². The Labute approximate surface area is 120 Å². The molecule has 0 N–H and O–H groups in total. The molecule has 1 aliphatic rings. The monoisotopic (exact) mass is 331 g/mol. The third-order valence-corrected chi connectivity index (χ3v) is 4.72. The minimum Gasteiger partial charge on any atom is -0.377 e. The molecule has 1 aliphatic heterocycles. The molecule has 2 rings (SSSR count). The van der Waals surface area contributed by atoms with E-state index in [2.05, 4.69) is 20.8 Å². The van der Waals surface area contributed by atoms with Crippen LogP contribution in [0.4, 0.5) is 0 Å². The number of thiophene rings is 1. The number of rotatable bonds is 5. The average Bonchev–Trinajstić information content (AvgIpc) is 2.77. The Hall–Kier alpha value is -0.230. The maximum Gasteiger partial charge on any atom is 0.186 e. The van der Waals surface area contributed by atoms with Crippen LogP contribution in [0.5, 0.6) is 0 Å². The van der Waals surface area contributed by atoms with Crippen LogP contribution in [-0.4, -0.2) is 43.5 Å². The molecule has 1 aromatic heterocycles. The van der Waals surface area contributed by atoms with E-state index in [4.69, 9.17) is 4.74 Å². The van der Waals surface area contributed by atoms with E-state index >= 15 is 0 Å². The Morgan fingerprint density at radius 1 is 1.56 bits per heavy atom. The first-order chi connectivity index (χ1) is 8.65. The molecule has 3 nitrogen and oxygen atoms in total. The van der Waals surface area contributed by atoms with Crippen molar-refractivity contribution in [2.45, 2.75) is 25.4 Å². The number of ketones is 1. The van der Waals surface area contributed by atoms with Gasteiger partial charge in [0.1, 0.15) is 0 Å². The van der Waals surface area contributed by atoms with E-state index in [1.807, 2.05) is 19.2 Å². The largest absolute Gasteiger partial charge is 0.377 e. The summed E-state index contributed by atoms with van der Waals surface area (Å²) >= 11 is 4.87. The highest BCUT2D eigenvalue weighted by molar-refractivity contribution is 9.11. The van der Waals surface area contributed by atoms with Crippen LogP contribution in [0.15, 0.2) is 15.9 Å². The van der Waals surface area contributed by atoms with Gasteiger partial charge in [-0.05, 0) is 54.4 Å². The van der Waals surface area contributed by atoms with E-state index in [-0.39, 0.29) is 5.78 Å². The lowest BCUT2D eigenvalue weighted by atomic mass is 10.1. The molecule has 1 saturated heterocycles. The zero-order valence-corrected chi connectivity index (χ0v) is 12.9. The summed E-state index contributed by atoms with van der Waals surface area (Å²) in [6, 6.07) is 3.80. The van der Waals surface area contributed by atoms with Crippen LogP contribution < -0.4 is 0 Å². The topological polar surface area (TPSA) is 29.5 Å². The lowest BCUT2D eigenvalue weighted by Gasteiger charge is -2.26. The van der Waals surface area contributed by atoms with Gasteiger partial charge in [0.05, 0.1) is 21.3 Å². The van der Waals surface area contributed by atoms with Crippen molar-refractivity contribution in [3.8, 4) is 0 Å². The molecule has 2 heterocycles. The highest BCUT2D eigenvalue weighted by Crippen LogP contribution is 2.22. The van der Waals surface area contributed by atoms with Gasteiger partial charge in [0.15, 0.2) is 5.78 Å². The summed E-state index contributed by atoms with van der Waals surface area (Å²) < 4.78 is 6.69. The van der Waals surface area contributed by atoms with Crippen LogP contribution in [-0.2, 0) is 4.74 Å². The van der Waals surface area contributed by atoms with Gasteiger partial charge in [-0.3, -0.25) is 9.69 Å². The van der Waals surface area contributed by atoms with Gasteiger partial charge >= 0.3 is 0 Å². The highest BCUT2D eigenvalue weighted by Gasteiger charge is 2.18. The van der Waals surface area contributed by atoms with Crippen LogP contribution in [0.2, 0.25) is 0 Å². The molecule has 0 amide bonds. The molecule has 1 unspecified atom stereocenters. The maximum absolute atomic E-state index is 12.0. The molecule has 0 spiro atoms. The molecule has 1 aromatic rings. The van der Waals surface area contributed by atoms with Crippen molar-refractivity contribution < 1.29 is 9.53 Å². The van der Waals surface area contributed by atoms with Gasteiger partial charge in [-0.1, -0.05) is 0 Å². The summed E-state index contributed by atoms with van der Waals surface area (Å²) in [4.78, 5) is 14.9. The number of hydrogen-bond acceptors (Lipinski definition) is 4. The quantitative estimate of drug-likeness (QED) is 0.776. The van der Waals surface area contributed by atoms with E-state index < -0.39 is 0 Å². The van der Waals surface area contributed by atoms with Crippen molar-refractivity contribution in [1.29, 1.82) is 0 Å². The standard InChI is InChI=1S/C13H18BrNO2S/c1-15(8-10-4-2-3-7-17-10)9-11(16)12-5-6-13(14)18-12/h5-6,10H,2-4,7-9H2,1H3. The second-order valence-corrected chi connectivity index (χ2v) is 7.18. The predicted molar refractivity (Wildman–Crippen MR) is 77.4 cm³/mol. The molecular weight excluding hydrogens is 314 g/mol. The van der Waals surface area contributed by atoms with Crippen molar-refractivity contribution in [2.24, 2.45) is 0 Å². The van der Waals surface area contributed by atoms with Crippen molar-refractivity contribution in [1.82, 2.24) is 4.90 Å². The first kappa shape index (κ1) is 14.2. The molecule has 0 bridgehead atoms. The normalized spacial score (nSPS) is 20.3. The van der Waals surface area contributed by atoms with Gasteiger partial charge in [0.25, 0.3) is 0 Å². The minimum atomic E-state index is 0.184. The molecule has 0 aromatic carbocycles. The zero-order valence-electron chi connectivity index (χ0n) is 10.5. The lowest BCUT2D eigenvalue weighted by molar-refractivity contribution is -0.000650. The minimum absolute atomic E-state index is 0.184. The second kappa shape index (κ2) is 6.80. The summed E-state index contributed by atoms with van der Waals surface area (Å²) in [5, 5.41) is 0. The number of nitrogens with zero attached hydrogens (tertiary/aromatic N) is 1. The number of hydrogen-bond donors (Lipinski definition) is 0. The summed E-state index contributed by atoms with van der Waals surface area (Å²) in [6.45, 7) is 2.18. The second-order valence-electron chi connectivity index (χ2n) is 4.71. The molecule has 5 heteroatoms. The molecule has 18 heavy (non-hydrogen) atoms. The van der Waals surface area contributed by atoms with E-state index in [0.29, 0.717) is 12.6 Å². The molecule has 1 atom stereocenters. The SMILES string of the molecule is CN(CC(=O)c1ccc(Br)s1)CC1CCCCO1. The average molecular weight is 332 g/mol. The Morgan fingerprint density at radius 3 is 3.00 bits per heavy atom. The number of Topliss-reactive ketones (excluding diaryl/α,β-unsaturated/α-hetero) is 1. The molecule has 1 fully saturated rings. The Morgan fingerprint density at radius 2 is 2.39 bits per heavy atom. The fourth-order valence-electron chi connectivity index (χ4n) is 2.15. The smallest absolute Gasteiger partial charge is 0.186 e. The van der Waals surface area contributed by atoms with Crippen molar-refractivity contribution in [3.63, 3.8) is 0 Å². The van der Waals surface area contributed by atoms with Crippen LogP contribution in [0.25, 0.3) is 0 Å². The molecule has 0 saturated carbocycles. The van der Waals surface area contributed by atoms with Crippen molar-refractivity contribution in [3.05, 3.63) is 20.8 Å². The van der Waals surface area contributed by atoms with Gasteiger partial charge in [-0.2, -0.15) is 0 Å². The van der Waals surface area contributed by atoms with Gasteiger partial charge in [-0.25, -0.2) is 0 Å². The van der Waals surface area contributed by atoms with Crippen LogP contribution in [0, 0.1) is 0 Å². The summed E-state index contributed by atoms with van der Waals surface area (Å²) in [7, 11) is 1.98. The molecule has 0 radical (unpaired) electrons. The first-order valence-electron chi connectivity index (χ1n) is 6.24. The predicted octanol–water partition coefficient (Wildman–Crippen LogP) is 3.19. The van der Waals surface area contributed by atoms with Gasteiger partial charge in [0, 0.05) is 13.2 Å². The number of halogens is 1. The first-order valence-corrected chi connectivity index (χ1v) is 7.85. The third-order valence-electron chi connectivity index (χ3n) is 3.05. The van der Waals surface area contributed by atoms with E-state index in [9.17, 15) is 4.79 Å². The molecule has 0 aliphatic carbocycles. The maximum atomic E-state index is 12.0. The number of carbonyl (C=O) groups excluding carboxylic acids is 1. The Bertz CT molecular complexity index is 401. The molecule has 100 valence electrons. The van der Waals surface area contributed by atoms with Gasteiger partial charge in [0.2, 0.25) is 0 Å². The van der Waals surface area contributed by atoms with Crippen LogP contribution in [0.1, 0.15) is 28.9 Å². The summed E-state index contributed by atoms with van der Waals surface area (Å²) in [6.07, 6.45) is 3.82. The summed E-state index contributed by atoms with van der Waals surface area (Å²) in [5.74, 6) is 0.184.